The van der Waals surface area contributed by atoms with Crippen molar-refractivity contribution in [1.29, 1.82) is 0 Å². The lowest BCUT2D eigenvalue weighted by Crippen LogP contribution is -2.44. The van der Waals surface area contributed by atoms with Gasteiger partial charge in [0.1, 0.15) is 5.25 Å². The zero-order chi connectivity index (χ0) is 16.1. The molecule has 2 unspecified atom stereocenters. The Hall–Kier alpha value is -1.20. The third-order valence-electron chi connectivity index (χ3n) is 4.12. The van der Waals surface area contributed by atoms with Crippen LogP contribution in [-0.4, -0.2) is 41.2 Å². The van der Waals surface area contributed by atoms with Gasteiger partial charge < -0.3 is 0 Å². The molecular weight excluding hydrogens is 328 g/mol. The SMILES string of the molecule is CC1NNCC1S(=O)(=O)N1CCc2ccc(S(N)(=O)=O)cc21. The summed E-state index contributed by atoms with van der Waals surface area (Å²) in [6, 6.07) is 4.15. The summed E-state index contributed by atoms with van der Waals surface area (Å²) in [5.41, 5.74) is 6.94. The lowest BCUT2D eigenvalue weighted by atomic mass is 10.2. The molecule has 0 amide bonds. The molecule has 10 heteroatoms. The molecule has 122 valence electrons. The number of nitrogens with one attached hydrogen (secondary N) is 2. The predicted octanol–water partition coefficient (Wildman–Crippen LogP) is -1.11. The van der Waals surface area contributed by atoms with Gasteiger partial charge in [0.05, 0.1) is 10.6 Å². The summed E-state index contributed by atoms with van der Waals surface area (Å²) in [6.07, 6.45) is 0.557. The van der Waals surface area contributed by atoms with E-state index < -0.39 is 25.3 Å². The first-order valence-electron chi connectivity index (χ1n) is 6.87. The van der Waals surface area contributed by atoms with E-state index in [4.69, 9.17) is 5.14 Å². The Kier molecular flexibility index (Phi) is 3.68. The van der Waals surface area contributed by atoms with Gasteiger partial charge in [0.15, 0.2) is 0 Å². The second kappa shape index (κ2) is 5.17. The van der Waals surface area contributed by atoms with Gasteiger partial charge in [-0.05, 0) is 31.0 Å². The van der Waals surface area contributed by atoms with E-state index in [0.717, 1.165) is 5.56 Å². The fourth-order valence-electron chi connectivity index (χ4n) is 2.89. The first-order valence-corrected chi connectivity index (χ1v) is 9.92. The average molecular weight is 346 g/mol. The predicted molar refractivity (Wildman–Crippen MR) is 82.2 cm³/mol. The van der Waals surface area contributed by atoms with Crippen molar-refractivity contribution in [2.75, 3.05) is 17.4 Å². The van der Waals surface area contributed by atoms with Gasteiger partial charge in [-0.2, -0.15) is 0 Å². The summed E-state index contributed by atoms with van der Waals surface area (Å²) in [5, 5.41) is 4.53. The summed E-state index contributed by atoms with van der Waals surface area (Å²) >= 11 is 0. The highest BCUT2D eigenvalue weighted by molar-refractivity contribution is 7.93. The smallest absolute Gasteiger partial charge is 0.240 e. The maximum atomic E-state index is 12.8. The zero-order valence-corrected chi connectivity index (χ0v) is 13.6. The first-order chi connectivity index (χ1) is 10.2. The average Bonchev–Trinajstić information content (AvgIpc) is 3.03. The molecule has 1 fully saturated rings. The Bertz CT molecular complexity index is 806. The minimum absolute atomic E-state index is 0.0796. The standard InChI is InChI=1S/C12H18N4O4S2/c1-8-12(7-14-15-8)22(19,20)16-5-4-9-2-3-10(6-11(9)16)21(13,17)18/h2-3,6,8,12,14-15H,4-5,7H2,1H3,(H2,13,17,18). The number of sulfonamides is 2. The van der Waals surface area contributed by atoms with Crippen molar-refractivity contribution in [3.8, 4) is 0 Å². The van der Waals surface area contributed by atoms with Gasteiger partial charge in [0.2, 0.25) is 20.0 Å². The topological polar surface area (TPSA) is 122 Å². The molecule has 3 rings (SSSR count). The summed E-state index contributed by atoms with van der Waals surface area (Å²) in [7, 11) is -7.46. The fourth-order valence-corrected chi connectivity index (χ4v) is 5.42. The fraction of sp³-hybridized carbons (Fsp3) is 0.500. The number of rotatable bonds is 3. The van der Waals surface area contributed by atoms with E-state index in [9.17, 15) is 16.8 Å². The van der Waals surface area contributed by atoms with E-state index >= 15 is 0 Å². The van der Waals surface area contributed by atoms with Crippen LogP contribution in [0.2, 0.25) is 0 Å². The molecule has 0 spiro atoms. The van der Waals surface area contributed by atoms with Crippen molar-refractivity contribution in [2.24, 2.45) is 5.14 Å². The normalized spacial score (nSPS) is 25.5. The molecule has 2 aliphatic heterocycles. The van der Waals surface area contributed by atoms with Crippen molar-refractivity contribution in [1.82, 2.24) is 10.9 Å². The number of nitrogens with two attached hydrogens (primary N) is 1. The number of anilines is 1. The molecule has 2 atom stereocenters. The van der Waals surface area contributed by atoms with Crippen LogP contribution in [0.4, 0.5) is 5.69 Å². The van der Waals surface area contributed by atoms with Crippen molar-refractivity contribution >= 4 is 25.7 Å². The van der Waals surface area contributed by atoms with E-state index in [0.29, 0.717) is 25.2 Å². The quantitative estimate of drug-likeness (QED) is 0.638. The van der Waals surface area contributed by atoms with Crippen LogP contribution >= 0.6 is 0 Å². The van der Waals surface area contributed by atoms with Gasteiger partial charge in [-0.1, -0.05) is 6.07 Å². The second-order valence-corrected chi connectivity index (χ2v) is 9.19. The summed E-state index contributed by atoms with van der Waals surface area (Å²) in [6.45, 7) is 2.42. The van der Waals surface area contributed by atoms with Crippen molar-refractivity contribution in [3.05, 3.63) is 23.8 Å². The summed E-state index contributed by atoms with van der Waals surface area (Å²) < 4.78 is 49.9. The van der Waals surface area contributed by atoms with Crippen LogP contribution < -0.4 is 20.3 Å². The van der Waals surface area contributed by atoms with Gasteiger partial charge in [-0.3, -0.25) is 15.2 Å². The molecule has 1 saturated heterocycles. The third kappa shape index (κ3) is 2.50. The van der Waals surface area contributed by atoms with Crippen molar-refractivity contribution < 1.29 is 16.8 Å². The van der Waals surface area contributed by atoms with Gasteiger partial charge >= 0.3 is 0 Å². The maximum Gasteiger partial charge on any atom is 0.240 e. The lowest BCUT2D eigenvalue weighted by Gasteiger charge is -2.25. The van der Waals surface area contributed by atoms with Crippen LogP contribution in [0.3, 0.4) is 0 Å². The molecule has 0 aromatic heterocycles. The summed E-state index contributed by atoms with van der Waals surface area (Å²) in [5.74, 6) is 0. The van der Waals surface area contributed by atoms with Gasteiger partial charge in [-0.15, -0.1) is 0 Å². The number of primary sulfonamides is 1. The summed E-state index contributed by atoms with van der Waals surface area (Å²) in [4.78, 5) is -0.0796. The van der Waals surface area contributed by atoms with Crippen LogP contribution in [-0.2, 0) is 26.5 Å². The number of nitrogens with zero attached hydrogens (tertiary/aromatic N) is 1. The second-order valence-electron chi connectivity index (χ2n) is 5.55. The first kappa shape index (κ1) is 15.7. The molecule has 0 saturated carbocycles. The van der Waals surface area contributed by atoms with E-state index in [1.807, 2.05) is 0 Å². The molecule has 2 heterocycles. The van der Waals surface area contributed by atoms with Crippen LogP contribution in [0.5, 0.6) is 0 Å². The molecule has 2 aliphatic rings. The number of fused-ring (bicyclic) bond motifs is 1. The van der Waals surface area contributed by atoms with E-state index in [1.165, 1.54) is 16.4 Å². The lowest BCUT2D eigenvalue weighted by molar-refractivity contribution is 0.558. The van der Waals surface area contributed by atoms with Crippen LogP contribution in [0, 0.1) is 0 Å². The molecule has 22 heavy (non-hydrogen) atoms. The molecule has 1 aromatic carbocycles. The van der Waals surface area contributed by atoms with Crippen molar-refractivity contribution in [2.45, 2.75) is 29.5 Å². The minimum atomic E-state index is -3.87. The van der Waals surface area contributed by atoms with Gasteiger partial charge in [0.25, 0.3) is 0 Å². The Morgan fingerprint density at radius 1 is 1.27 bits per heavy atom. The number of hydrogen-bond donors (Lipinski definition) is 3. The third-order valence-corrected chi connectivity index (χ3v) is 7.36. The maximum absolute atomic E-state index is 12.8. The van der Waals surface area contributed by atoms with Crippen LogP contribution in [0.1, 0.15) is 12.5 Å². The molecule has 0 aliphatic carbocycles. The molecule has 1 aromatic rings. The van der Waals surface area contributed by atoms with Gasteiger partial charge in [-0.25, -0.2) is 22.0 Å². The number of hydrazine groups is 1. The highest BCUT2D eigenvalue weighted by Gasteiger charge is 2.41. The van der Waals surface area contributed by atoms with Crippen molar-refractivity contribution in [3.63, 3.8) is 0 Å². The minimum Gasteiger partial charge on any atom is -0.269 e. The molecular formula is C12H18N4O4S2. The molecule has 0 radical (unpaired) electrons. The van der Waals surface area contributed by atoms with E-state index in [1.54, 1.807) is 13.0 Å². The van der Waals surface area contributed by atoms with E-state index in [-0.39, 0.29) is 10.9 Å². The Labute approximate surface area is 129 Å². The monoisotopic (exact) mass is 346 g/mol. The highest BCUT2D eigenvalue weighted by atomic mass is 32.2. The Balaban J connectivity index is 2.03. The van der Waals surface area contributed by atoms with E-state index in [2.05, 4.69) is 10.9 Å². The van der Waals surface area contributed by atoms with Crippen LogP contribution in [0.25, 0.3) is 0 Å². The van der Waals surface area contributed by atoms with Gasteiger partial charge in [0, 0.05) is 19.1 Å². The molecule has 8 nitrogen and oxygen atoms in total. The molecule has 4 N–H and O–H groups in total. The Morgan fingerprint density at radius 3 is 2.59 bits per heavy atom. The van der Waals surface area contributed by atoms with Crippen LogP contribution in [0.15, 0.2) is 23.1 Å². The highest BCUT2D eigenvalue weighted by Crippen LogP contribution is 2.34. The Morgan fingerprint density at radius 2 is 2.00 bits per heavy atom. The number of benzene rings is 1. The molecule has 0 bridgehead atoms. The zero-order valence-electron chi connectivity index (χ0n) is 12.0. The largest absolute Gasteiger partial charge is 0.269 e. The number of hydrogen-bond acceptors (Lipinski definition) is 6.